The molecule has 0 spiro atoms. The Kier molecular flexibility index (Phi) is 6.78. The molecule has 1 aliphatic rings. The number of hydrogen-bond donors (Lipinski definition) is 1. The second kappa shape index (κ2) is 9.14. The molecule has 2 aromatic rings. The first-order valence-corrected chi connectivity index (χ1v) is 11.3. The number of hydrogen-bond acceptors (Lipinski definition) is 5. The lowest BCUT2D eigenvalue weighted by molar-refractivity contribution is -0.140. The lowest BCUT2D eigenvalue weighted by atomic mass is 9.95. The normalized spacial score (nSPS) is 18.6. The molecule has 1 aromatic carbocycles. The number of Topliss-reactive ketones (excluding diaryl/α,β-unsaturated/α-hetero) is 1. The van der Waals surface area contributed by atoms with Gasteiger partial charge in [-0.2, -0.15) is 0 Å². The Hall–Kier alpha value is -2.44. The number of aliphatic hydroxyl groups is 1. The quantitative estimate of drug-likeness (QED) is 0.404. The monoisotopic (exact) mass is 426 g/mol. The van der Waals surface area contributed by atoms with Crippen molar-refractivity contribution in [2.45, 2.75) is 40.7 Å². The average molecular weight is 427 g/mol. The van der Waals surface area contributed by atoms with Crippen molar-refractivity contribution in [3.63, 3.8) is 0 Å². The lowest BCUT2D eigenvalue weighted by Crippen LogP contribution is -2.37. The van der Waals surface area contributed by atoms with Gasteiger partial charge < -0.3 is 14.9 Å². The number of likely N-dealkylation sites (tertiary alicyclic amines) is 1. The number of thiophene rings is 1. The zero-order valence-electron chi connectivity index (χ0n) is 18.4. The molecule has 30 heavy (non-hydrogen) atoms. The van der Waals surface area contributed by atoms with E-state index in [-0.39, 0.29) is 11.3 Å². The van der Waals surface area contributed by atoms with Crippen molar-refractivity contribution in [3.05, 3.63) is 62.3 Å². The summed E-state index contributed by atoms with van der Waals surface area (Å²) < 4.78 is 0. The first-order valence-electron chi connectivity index (χ1n) is 10.4. The highest BCUT2D eigenvalue weighted by molar-refractivity contribution is 7.10. The molecule has 6 heteroatoms. The molecule has 1 aromatic heterocycles. The van der Waals surface area contributed by atoms with E-state index in [1.54, 1.807) is 4.90 Å². The number of carbonyl (C=O) groups excluding carboxylic acids is 2. The van der Waals surface area contributed by atoms with Crippen LogP contribution in [0.3, 0.4) is 0 Å². The van der Waals surface area contributed by atoms with Crippen molar-refractivity contribution in [1.82, 2.24) is 9.80 Å². The molecule has 1 amide bonds. The van der Waals surface area contributed by atoms with E-state index in [1.165, 1.54) is 11.3 Å². The molecule has 1 saturated heterocycles. The number of ketones is 1. The van der Waals surface area contributed by atoms with Crippen molar-refractivity contribution >= 4 is 28.8 Å². The Morgan fingerprint density at radius 1 is 1.10 bits per heavy atom. The fourth-order valence-corrected chi connectivity index (χ4v) is 5.02. The number of nitrogens with zero attached hydrogens (tertiary/aromatic N) is 2. The van der Waals surface area contributed by atoms with E-state index >= 15 is 0 Å². The van der Waals surface area contributed by atoms with E-state index in [9.17, 15) is 14.7 Å². The topological polar surface area (TPSA) is 60.9 Å². The van der Waals surface area contributed by atoms with E-state index in [2.05, 4.69) is 18.7 Å². The zero-order valence-corrected chi connectivity index (χ0v) is 19.2. The summed E-state index contributed by atoms with van der Waals surface area (Å²) in [5, 5.41) is 13.2. The summed E-state index contributed by atoms with van der Waals surface area (Å²) in [6.45, 7) is 12.9. The molecule has 0 saturated carbocycles. The Morgan fingerprint density at radius 2 is 1.80 bits per heavy atom. The maximum absolute atomic E-state index is 13.1. The summed E-state index contributed by atoms with van der Waals surface area (Å²) in [5.74, 6) is -1.23. The summed E-state index contributed by atoms with van der Waals surface area (Å²) in [7, 11) is 0. The number of aryl methyl sites for hydroxylation is 3. The van der Waals surface area contributed by atoms with Gasteiger partial charge in [0.05, 0.1) is 11.6 Å². The molecule has 1 atom stereocenters. The molecule has 5 nitrogen and oxygen atoms in total. The largest absolute Gasteiger partial charge is 0.507 e. The Bertz CT molecular complexity index is 988. The van der Waals surface area contributed by atoms with Gasteiger partial charge in [0.15, 0.2) is 0 Å². The van der Waals surface area contributed by atoms with Gasteiger partial charge in [-0.1, -0.05) is 31.5 Å². The highest BCUT2D eigenvalue weighted by Gasteiger charge is 2.47. The van der Waals surface area contributed by atoms with Gasteiger partial charge in [-0.15, -0.1) is 11.3 Å². The number of amides is 1. The second-order valence-electron chi connectivity index (χ2n) is 7.81. The molecule has 1 unspecified atom stereocenters. The fourth-order valence-electron chi connectivity index (χ4n) is 3.97. The molecular weight excluding hydrogens is 396 g/mol. The van der Waals surface area contributed by atoms with E-state index in [1.807, 2.05) is 50.4 Å². The second-order valence-corrected chi connectivity index (χ2v) is 8.75. The van der Waals surface area contributed by atoms with E-state index in [0.29, 0.717) is 18.7 Å². The summed E-state index contributed by atoms with van der Waals surface area (Å²) in [6, 6.07) is 7.19. The molecule has 0 aliphatic carbocycles. The lowest BCUT2D eigenvalue weighted by Gasteiger charge is -2.28. The van der Waals surface area contributed by atoms with Gasteiger partial charge in [-0.3, -0.25) is 9.59 Å². The first-order chi connectivity index (χ1) is 14.3. The molecule has 1 aliphatic heterocycles. The van der Waals surface area contributed by atoms with Crippen molar-refractivity contribution in [2.24, 2.45) is 0 Å². The van der Waals surface area contributed by atoms with Gasteiger partial charge in [0.2, 0.25) is 0 Å². The van der Waals surface area contributed by atoms with Crippen molar-refractivity contribution in [2.75, 3.05) is 26.2 Å². The van der Waals surface area contributed by atoms with Crippen LogP contribution in [0.1, 0.15) is 47.0 Å². The molecule has 1 N–H and O–H groups in total. The van der Waals surface area contributed by atoms with Gasteiger partial charge in [-0.25, -0.2) is 0 Å². The van der Waals surface area contributed by atoms with Crippen LogP contribution in [0.5, 0.6) is 0 Å². The van der Waals surface area contributed by atoms with Crippen LogP contribution in [-0.2, 0) is 9.59 Å². The minimum Gasteiger partial charge on any atom is -0.507 e. The summed E-state index contributed by atoms with van der Waals surface area (Å²) in [5.41, 5.74) is 3.68. The third-order valence-electron chi connectivity index (χ3n) is 5.89. The Morgan fingerprint density at radius 3 is 2.40 bits per heavy atom. The van der Waals surface area contributed by atoms with Crippen LogP contribution >= 0.6 is 11.3 Å². The molecular formula is C24H30N2O3S. The number of aliphatic hydroxyl groups excluding tert-OH is 1. The molecule has 3 rings (SSSR count). The van der Waals surface area contributed by atoms with Gasteiger partial charge in [0.25, 0.3) is 11.7 Å². The Balaban J connectivity index is 2.13. The van der Waals surface area contributed by atoms with Crippen LogP contribution in [0, 0.1) is 20.8 Å². The van der Waals surface area contributed by atoms with Crippen molar-refractivity contribution in [3.8, 4) is 0 Å². The smallest absolute Gasteiger partial charge is 0.295 e. The van der Waals surface area contributed by atoms with E-state index in [0.717, 1.165) is 34.7 Å². The predicted molar refractivity (Wildman–Crippen MR) is 122 cm³/mol. The van der Waals surface area contributed by atoms with E-state index in [4.69, 9.17) is 0 Å². The number of carbonyl (C=O) groups is 2. The summed E-state index contributed by atoms with van der Waals surface area (Å²) in [4.78, 5) is 30.9. The zero-order chi connectivity index (χ0) is 22.0. The minimum atomic E-state index is -0.606. The first kappa shape index (κ1) is 22.2. The summed E-state index contributed by atoms with van der Waals surface area (Å²) in [6.07, 6.45) is 0. The van der Waals surface area contributed by atoms with Crippen LogP contribution < -0.4 is 0 Å². The van der Waals surface area contributed by atoms with Crippen LogP contribution in [-0.4, -0.2) is 52.8 Å². The molecule has 0 radical (unpaired) electrons. The van der Waals surface area contributed by atoms with Crippen LogP contribution in [0.25, 0.3) is 5.76 Å². The third-order valence-corrected chi connectivity index (χ3v) is 6.96. The molecule has 160 valence electrons. The van der Waals surface area contributed by atoms with Gasteiger partial charge in [-0.05, 0) is 62.5 Å². The minimum absolute atomic E-state index is 0.0855. The highest BCUT2D eigenvalue weighted by Crippen LogP contribution is 2.42. The maximum Gasteiger partial charge on any atom is 0.295 e. The van der Waals surface area contributed by atoms with Gasteiger partial charge >= 0.3 is 0 Å². The van der Waals surface area contributed by atoms with Crippen LogP contribution in [0.15, 0.2) is 35.2 Å². The van der Waals surface area contributed by atoms with Crippen molar-refractivity contribution in [1.29, 1.82) is 0 Å². The maximum atomic E-state index is 13.1. The fraction of sp³-hybridized carbons (Fsp3) is 0.417. The third kappa shape index (κ3) is 4.07. The predicted octanol–water partition coefficient (Wildman–Crippen LogP) is 4.44. The SMILES string of the molecule is CCN(CC)CCN1C(=O)C(=O)/C(=C(/O)c2cc(C)ccc2C)C1c1sccc1C. The Labute approximate surface area is 182 Å². The highest BCUT2D eigenvalue weighted by atomic mass is 32.1. The number of benzene rings is 1. The number of rotatable bonds is 7. The van der Waals surface area contributed by atoms with Crippen LogP contribution in [0.2, 0.25) is 0 Å². The molecule has 2 heterocycles. The molecule has 1 fully saturated rings. The number of likely N-dealkylation sites (N-methyl/N-ethyl adjacent to an activating group) is 1. The van der Waals surface area contributed by atoms with Gasteiger partial charge in [0.1, 0.15) is 5.76 Å². The van der Waals surface area contributed by atoms with Gasteiger partial charge in [0, 0.05) is 23.5 Å². The standard InChI is InChI=1S/C24H30N2O3S/c1-6-25(7-2)11-12-26-20(23-17(5)10-13-30-23)19(22(28)24(26)29)21(27)18-14-15(3)8-9-16(18)4/h8-10,13-14,20,27H,6-7,11-12H2,1-5H3/b21-19+. The van der Waals surface area contributed by atoms with E-state index < -0.39 is 17.7 Å². The van der Waals surface area contributed by atoms with Crippen molar-refractivity contribution < 1.29 is 14.7 Å². The van der Waals surface area contributed by atoms with Crippen LogP contribution in [0.4, 0.5) is 0 Å². The molecule has 0 bridgehead atoms. The average Bonchev–Trinajstić information content (AvgIpc) is 3.25. The summed E-state index contributed by atoms with van der Waals surface area (Å²) >= 11 is 1.52.